The van der Waals surface area contributed by atoms with Gasteiger partial charge >= 0.3 is 0 Å². The van der Waals surface area contributed by atoms with E-state index >= 15 is 0 Å². The fourth-order valence-electron chi connectivity index (χ4n) is 0.994. The van der Waals surface area contributed by atoms with Gasteiger partial charge in [-0.25, -0.2) is 8.60 Å². The lowest BCUT2D eigenvalue weighted by Gasteiger charge is -2.01. The van der Waals surface area contributed by atoms with Crippen molar-refractivity contribution in [2.45, 2.75) is 11.8 Å². The van der Waals surface area contributed by atoms with Crippen LogP contribution in [0.2, 0.25) is 0 Å². The highest BCUT2D eigenvalue weighted by Gasteiger charge is 2.03. The van der Waals surface area contributed by atoms with Crippen LogP contribution >= 0.6 is 0 Å². The van der Waals surface area contributed by atoms with Gasteiger partial charge in [-0.3, -0.25) is 0 Å². The van der Waals surface area contributed by atoms with Crippen LogP contribution in [-0.4, -0.2) is 18.0 Å². The average molecular weight is 228 g/mol. The van der Waals surface area contributed by atoms with Crippen LogP contribution < -0.4 is 0 Å². The highest BCUT2D eigenvalue weighted by Crippen LogP contribution is 2.11. The molecule has 0 aliphatic carbocycles. The normalized spacial score (nSPS) is 13.7. The summed E-state index contributed by atoms with van der Waals surface area (Å²) >= 11 is 0. The molecule has 0 amide bonds. The molecule has 0 spiro atoms. The standard InChI is InChI=1S/C11H13FO2S/c1-9-3-5-11(6-4-9)15(13)8-10(7-12)14-2/h3-6,8H,7H2,1-2H3/b10-8-. The summed E-state index contributed by atoms with van der Waals surface area (Å²) in [5.74, 6) is 0.0916. The third-order valence-corrected chi connectivity index (χ3v) is 3.10. The molecule has 0 bridgehead atoms. The second-order valence-corrected chi connectivity index (χ2v) is 4.33. The number of ether oxygens (including phenoxy) is 1. The number of aryl methyl sites for hydroxylation is 1. The summed E-state index contributed by atoms with van der Waals surface area (Å²) in [7, 11) is 0.0103. The predicted octanol–water partition coefficient (Wildman–Crippen LogP) is 2.56. The number of alkyl halides is 1. The molecule has 0 aromatic heterocycles. The van der Waals surface area contributed by atoms with E-state index in [-0.39, 0.29) is 5.76 Å². The lowest BCUT2D eigenvalue weighted by atomic mass is 10.2. The Morgan fingerprint density at radius 3 is 2.53 bits per heavy atom. The number of allylic oxidation sites excluding steroid dienone is 1. The number of halogens is 1. The average Bonchev–Trinajstić information content (AvgIpc) is 2.26. The number of hydrogen-bond acceptors (Lipinski definition) is 2. The van der Waals surface area contributed by atoms with Crippen LogP contribution in [0.15, 0.2) is 40.3 Å². The fraction of sp³-hybridized carbons (Fsp3) is 0.273. The van der Waals surface area contributed by atoms with Crippen LogP contribution in [0.3, 0.4) is 0 Å². The minimum Gasteiger partial charge on any atom is -0.498 e. The minimum atomic E-state index is -1.35. The molecule has 4 heteroatoms. The van der Waals surface area contributed by atoms with Crippen LogP contribution in [0.25, 0.3) is 0 Å². The maximum Gasteiger partial charge on any atom is 0.147 e. The van der Waals surface area contributed by atoms with Gasteiger partial charge in [-0.15, -0.1) is 0 Å². The summed E-state index contributed by atoms with van der Waals surface area (Å²) < 4.78 is 28.7. The molecule has 82 valence electrons. The van der Waals surface area contributed by atoms with Gasteiger partial charge in [-0.05, 0) is 19.1 Å². The van der Waals surface area contributed by atoms with Gasteiger partial charge in [0.25, 0.3) is 0 Å². The van der Waals surface area contributed by atoms with E-state index in [0.29, 0.717) is 4.90 Å². The summed E-state index contributed by atoms with van der Waals surface area (Å²) in [5, 5.41) is 1.28. The number of hydrogen-bond donors (Lipinski definition) is 0. The number of benzene rings is 1. The molecule has 1 aromatic carbocycles. The van der Waals surface area contributed by atoms with Gasteiger partial charge in [-0.1, -0.05) is 17.7 Å². The van der Waals surface area contributed by atoms with Gasteiger partial charge < -0.3 is 4.74 Å². The van der Waals surface area contributed by atoms with E-state index in [4.69, 9.17) is 4.74 Å². The van der Waals surface area contributed by atoms with Crippen molar-refractivity contribution in [2.24, 2.45) is 0 Å². The smallest absolute Gasteiger partial charge is 0.147 e. The van der Waals surface area contributed by atoms with E-state index in [1.54, 1.807) is 12.1 Å². The topological polar surface area (TPSA) is 26.3 Å². The minimum absolute atomic E-state index is 0.0916. The van der Waals surface area contributed by atoms with Gasteiger partial charge in [0, 0.05) is 10.3 Å². The molecule has 0 saturated carbocycles. The Hall–Kier alpha value is -1.16. The van der Waals surface area contributed by atoms with E-state index < -0.39 is 17.5 Å². The number of methoxy groups -OCH3 is 1. The molecule has 1 unspecified atom stereocenters. The van der Waals surface area contributed by atoms with Crippen molar-refractivity contribution in [1.82, 2.24) is 0 Å². The molecule has 0 fully saturated rings. The first kappa shape index (κ1) is 11.9. The van der Waals surface area contributed by atoms with Crippen molar-refractivity contribution in [3.8, 4) is 0 Å². The van der Waals surface area contributed by atoms with Crippen LogP contribution in [0.5, 0.6) is 0 Å². The fourth-order valence-corrected chi connectivity index (χ4v) is 1.93. The molecule has 0 radical (unpaired) electrons. The van der Waals surface area contributed by atoms with E-state index in [1.807, 2.05) is 19.1 Å². The summed E-state index contributed by atoms with van der Waals surface area (Å²) in [5.41, 5.74) is 1.09. The molecular formula is C11H13FO2S. The van der Waals surface area contributed by atoms with Gasteiger partial charge in [0.1, 0.15) is 12.4 Å². The van der Waals surface area contributed by atoms with Gasteiger partial charge in [0.15, 0.2) is 0 Å². The Kier molecular flexibility index (Phi) is 4.49. The molecule has 0 heterocycles. The maximum atomic E-state index is 12.3. The molecular weight excluding hydrogens is 215 g/mol. The summed E-state index contributed by atoms with van der Waals surface area (Å²) in [6.45, 7) is 1.21. The second-order valence-electron chi connectivity index (χ2n) is 3.03. The first-order valence-corrected chi connectivity index (χ1v) is 5.66. The summed E-state index contributed by atoms with van der Waals surface area (Å²) in [4.78, 5) is 0.642. The monoisotopic (exact) mass is 228 g/mol. The van der Waals surface area contributed by atoms with Crippen LogP contribution in [0.4, 0.5) is 4.39 Å². The third-order valence-electron chi connectivity index (χ3n) is 1.89. The largest absolute Gasteiger partial charge is 0.498 e. The molecule has 15 heavy (non-hydrogen) atoms. The molecule has 0 aliphatic rings. The predicted molar refractivity (Wildman–Crippen MR) is 58.7 cm³/mol. The zero-order valence-electron chi connectivity index (χ0n) is 8.70. The van der Waals surface area contributed by atoms with Crippen molar-refractivity contribution in [1.29, 1.82) is 0 Å². The Bertz CT molecular complexity index is 365. The molecule has 1 aromatic rings. The van der Waals surface area contributed by atoms with Crippen LogP contribution in [0.1, 0.15) is 5.56 Å². The lowest BCUT2D eigenvalue weighted by Crippen LogP contribution is -1.94. The highest BCUT2D eigenvalue weighted by molar-refractivity contribution is 7.88. The van der Waals surface area contributed by atoms with E-state index in [0.717, 1.165) is 5.56 Å². The van der Waals surface area contributed by atoms with E-state index in [9.17, 15) is 8.60 Å². The van der Waals surface area contributed by atoms with Gasteiger partial charge in [0.2, 0.25) is 0 Å². The Morgan fingerprint density at radius 1 is 1.47 bits per heavy atom. The van der Waals surface area contributed by atoms with Gasteiger partial charge in [-0.2, -0.15) is 0 Å². The first-order chi connectivity index (χ1) is 7.17. The van der Waals surface area contributed by atoms with Gasteiger partial charge in [0.05, 0.1) is 17.9 Å². The summed E-state index contributed by atoms with van der Waals surface area (Å²) in [6, 6.07) is 7.24. The van der Waals surface area contributed by atoms with Crippen LogP contribution in [-0.2, 0) is 15.5 Å². The molecule has 0 saturated heterocycles. The first-order valence-electron chi connectivity index (χ1n) is 4.45. The molecule has 1 rings (SSSR count). The zero-order chi connectivity index (χ0) is 11.3. The van der Waals surface area contributed by atoms with E-state index in [2.05, 4.69) is 0 Å². The Balaban J connectivity index is 2.85. The quantitative estimate of drug-likeness (QED) is 0.740. The Labute approximate surface area is 91.2 Å². The van der Waals surface area contributed by atoms with Crippen molar-refractivity contribution in [3.05, 3.63) is 41.0 Å². The zero-order valence-corrected chi connectivity index (χ0v) is 9.51. The van der Waals surface area contributed by atoms with E-state index in [1.165, 1.54) is 12.5 Å². The second kappa shape index (κ2) is 5.66. The third kappa shape index (κ3) is 3.47. The molecule has 0 N–H and O–H groups in total. The Morgan fingerprint density at radius 2 is 2.07 bits per heavy atom. The molecule has 2 nitrogen and oxygen atoms in total. The van der Waals surface area contributed by atoms with Crippen molar-refractivity contribution in [2.75, 3.05) is 13.8 Å². The maximum absolute atomic E-state index is 12.3. The lowest BCUT2D eigenvalue weighted by molar-refractivity contribution is 0.257. The molecule has 1 atom stereocenters. The van der Waals surface area contributed by atoms with Crippen molar-refractivity contribution >= 4 is 10.8 Å². The number of rotatable bonds is 4. The van der Waals surface area contributed by atoms with Crippen molar-refractivity contribution in [3.63, 3.8) is 0 Å². The van der Waals surface area contributed by atoms with Crippen LogP contribution in [0, 0.1) is 6.92 Å². The van der Waals surface area contributed by atoms with Crippen molar-refractivity contribution < 1.29 is 13.3 Å². The molecule has 0 aliphatic heterocycles. The summed E-state index contributed by atoms with van der Waals surface area (Å²) in [6.07, 6.45) is 0. The highest BCUT2D eigenvalue weighted by atomic mass is 32.2. The SMILES string of the molecule is CO/C(=C\S(=O)c1ccc(C)cc1)CF.